The number of carbonyl (C=O) groups is 2. The molecule has 0 unspecified atom stereocenters. The molecule has 2 N–H and O–H groups in total. The molecule has 2 aromatic carbocycles. The lowest BCUT2D eigenvalue weighted by molar-refractivity contribution is 0.0950. The Balaban J connectivity index is 1.44. The van der Waals surface area contributed by atoms with E-state index >= 15 is 0 Å². The molecule has 0 atom stereocenters. The molecular weight excluding hydrogens is 422 g/mol. The Morgan fingerprint density at radius 3 is 2.32 bits per heavy atom. The van der Waals surface area contributed by atoms with Crippen LogP contribution in [0.3, 0.4) is 0 Å². The SMILES string of the molecule is CCCCCCc1ccc(C(=O)Nc2ccc(N3CCC(C)CC3)c(C(=O)NC3CC3)c2)cc1. The Hall–Kier alpha value is -2.82. The highest BCUT2D eigenvalue weighted by molar-refractivity contribution is 6.06. The zero-order chi connectivity index (χ0) is 23.9. The van der Waals surface area contributed by atoms with Gasteiger partial charge in [-0.1, -0.05) is 45.2 Å². The average molecular weight is 462 g/mol. The lowest BCUT2D eigenvalue weighted by Crippen LogP contribution is -2.35. The zero-order valence-corrected chi connectivity index (χ0v) is 20.7. The first-order valence-corrected chi connectivity index (χ1v) is 13.1. The Morgan fingerprint density at radius 1 is 0.912 bits per heavy atom. The van der Waals surface area contributed by atoms with E-state index < -0.39 is 0 Å². The lowest BCUT2D eigenvalue weighted by Gasteiger charge is -2.33. The highest BCUT2D eigenvalue weighted by Gasteiger charge is 2.27. The van der Waals surface area contributed by atoms with Crippen LogP contribution in [0.5, 0.6) is 0 Å². The number of hydrogen-bond acceptors (Lipinski definition) is 3. The summed E-state index contributed by atoms with van der Waals surface area (Å²) >= 11 is 0. The molecule has 0 spiro atoms. The number of nitrogens with one attached hydrogen (secondary N) is 2. The van der Waals surface area contributed by atoms with Gasteiger partial charge in [0.05, 0.1) is 5.56 Å². The van der Waals surface area contributed by atoms with Gasteiger partial charge in [0.2, 0.25) is 0 Å². The van der Waals surface area contributed by atoms with Gasteiger partial charge >= 0.3 is 0 Å². The van der Waals surface area contributed by atoms with Crippen molar-refractivity contribution in [1.82, 2.24) is 5.32 Å². The summed E-state index contributed by atoms with van der Waals surface area (Å²) in [7, 11) is 0. The highest BCUT2D eigenvalue weighted by Crippen LogP contribution is 2.30. The fourth-order valence-electron chi connectivity index (χ4n) is 4.59. The van der Waals surface area contributed by atoms with E-state index in [4.69, 9.17) is 0 Å². The third-order valence-corrected chi connectivity index (χ3v) is 7.07. The number of piperidine rings is 1. The highest BCUT2D eigenvalue weighted by atomic mass is 16.2. The molecule has 2 aromatic rings. The van der Waals surface area contributed by atoms with Crippen LogP contribution in [0.1, 0.15) is 91.5 Å². The summed E-state index contributed by atoms with van der Waals surface area (Å²) in [5.41, 5.74) is 4.18. The van der Waals surface area contributed by atoms with Gasteiger partial charge in [0, 0.05) is 36.1 Å². The van der Waals surface area contributed by atoms with Crippen LogP contribution in [0.4, 0.5) is 11.4 Å². The van der Waals surface area contributed by atoms with Crippen molar-refractivity contribution in [3.05, 3.63) is 59.2 Å². The van der Waals surface area contributed by atoms with Gasteiger partial charge in [-0.2, -0.15) is 0 Å². The maximum absolute atomic E-state index is 13.0. The summed E-state index contributed by atoms with van der Waals surface area (Å²) in [5.74, 6) is 0.534. The first kappa shape index (κ1) is 24.3. The number of aryl methyl sites for hydroxylation is 1. The van der Waals surface area contributed by atoms with Crippen LogP contribution < -0.4 is 15.5 Å². The second kappa shape index (κ2) is 11.5. The number of anilines is 2. The van der Waals surface area contributed by atoms with Crippen LogP contribution >= 0.6 is 0 Å². The van der Waals surface area contributed by atoms with Gasteiger partial charge in [-0.15, -0.1) is 0 Å². The molecule has 2 amide bonds. The Kier molecular flexibility index (Phi) is 8.25. The van der Waals surface area contributed by atoms with Crippen molar-refractivity contribution in [2.45, 2.75) is 77.7 Å². The molecule has 1 saturated carbocycles. The normalized spacial score (nSPS) is 16.4. The van der Waals surface area contributed by atoms with Crippen molar-refractivity contribution in [3.63, 3.8) is 0 Å². The van der Waals surface area contributed by atoms with Crippen LogP contribution in [0.2, 0.25) is 0 Å². The fourth-order valence-corrected chi connectivity index (χ4v) is 4.59. The number of unbranched alkanes of at least 4 members (excludes halogenated alkanes) is 3. The molecule has 1 heterocycles. The first-order valence-electron chi connectivity index (χ1n) is 13.1. The summed E-state index contributed by atoms with van der Waals surface area (Å²) in [6.45, 7) is 6.43. The molecule has 0 aromatic heterocycles. The predicted octanol–water partition coefficient (Wildman–Crippen LogP) is 6.19. The van der Waals surface area contributed by atoms with E-state index in [1.807, 2.05) is 30.3 Å². The second-order valence-electron chi connectivity index (χ2n) is 10.1. The van der Waals surface area contributed by atoms with Gasteiger partial charge < -0.3 is 15.5 Å². The zero-order valence-electron chi connectivity index (χ0n) is 20.7. The summed E-state index contributed by atoms with van der Waals surface area (Å²) in [4.78, 5) is 28.3. The van der Waals surface area contributed by atoms with Gasteiger partial charge in [-0.05, 0) is 80.3 Å². The molecule has 0 bridgehead atoms. The summed E-state index contributed by atoms with van der Waals surface area (Å²) in [5, 5.41) is 6.12. The molecule has 1 aliphatic carbocycles. The smallest absolute Gasteiger partial charge is 0.255 e. The van der Waals surface area contributed by atoms with Gasteiger partial charge in [0.25, 0.3) is 11.8 Å². The van der Waals surface area contributed by atoms with E-state index in [-0.39, 0.29) is 11.8 Å². The number of hydrogen-bond donors (Lipinski definition) is 2. The minimum absolute atomic E-state index is 0.0420. The van der Waals surface area contributed by atoms with Crippen molar-refractivity contribution < 1.29 is 9.59 Å². The molecule has 0 radical (unpaired) electrons. The molecule has 4 rings (SSSR count). The first-order chi connectivity index (χ1) is 16.5. The number of nitrogens with zero attached hydrogens (tertiary/aromatic N) is 1. The topological polar surface area (TPSA) is 61.4 Å². The number of benzene rings is 2. The van der Waals surface area contributed by atoms with E-state index in [9.17, 15) is 9.59 Å². The third-order valence-electron chi connectivity index (χ3n) is 7.07. The van der Waals surface area contributed by atoms with Gasteiger partial charge in [0.1, 0.15) is 0 Å². The van der Waals surface area contributed by atoms with Crippen molar-refractivity contribution in [2.75, 3.05) is 23.3 Å². The van der Waals surface area contributed by atoms with E-state index in [1.165, 1.54) is 31.2 Å². The van der Waals surface area contributed by atoms with E-state index in [1.54, 1.807) is 0 Å². The fraction of sp³-hybridized carbons (Fsp3) is 0.517. The van der Waals surface area contributed by atoms with Crippen LogP contribution in [-0.2, 0) is 6.42 Å². The maximum atomic E-state index is 13.0. The van der Waals surface area contributed by atoms with Crippen LogP contribution in [0.15, 0.2) is 42.5 Å². The molecular formula is C29H39N3O2. The summed E-state index contributed by atoms with van der Waals surface area (Å²) in [6, 6.07) is 13.9. The average Bonchev–Trinajstić information content (AvgIpc) is 3.67. The van der Waals surface area contributed by atoms with Crippen molar-refractivity contribution >= 4 is 23.2 Å². The van der Waals surface area contributed by atoms with Crippen LogP contribution in [0, 0.1) is 5.92 Å². The number of carbonyl (C=O) groups excluding carboxylic acids is 2. The Bertz CT molecular complexity index is 973. The molecule has 5 nitrogen and oxygen atoms in total. The molecule has 5 heteroatoms. The minimum Gasteiger partial charge on any atom is -0.371 e. The second-order valence-corrected chi connectivity index (χ2v) is 10.1. The standard InChI is InChI=1S/C29H39N3O2/c1-3-4-5-6-7-22-8-10-23(11-9-22)28(33)31-25-14-15-27(32-18-16-21(2)17-19-32)26(20-25)29(34)30-24-12-13-24/h8-11,14-15,20-21,24H,3-7,12-13,16-19H2,1-2H3,(H,30,34)(H,31,33). The minimum atomic E-state index is -0.148. The molecule has 1 saturated heterocycles. The molecule has 1 aliphatic heterocycles. The maximum Gasteiger partial charge on any atom is 0.255 e. The Morgan fingerprint density at radius 2 is 1.65 bits per heavy atom. The molecule has 34 heavy (non-hydrogen) atoms. The number of rotatable bonds is 10. The lowest BCUT2D eigenvalue weighted by atomic mass is 9.97. The summed E-state index contributed by atoms with van der Waals surface area (Å²) in [6.07, 6.45) is 10.4. The molecule has 2 aliphatic rings. The van der Waals surface area contributed by atoms with Gasteiger partial charge in [0.15, 0.2) is 0 Å². The number of amides is 2. The monoisotopic (exact) mass is 461 g/mol. The quantitative estimate of drug-likeness (QED) is 0.415. The van der Waals surface area contributed by atoms with Crippen LogP contribution in [-0.4, -0.2) is 30.9 Å². The van der Waals surface area contributed by atoms with Crippen molar-refractivity contribution in [1.29, 1.82) is 0 Å². The van der Waals surface area contributed by atoms with E-state index in [0.717, 1.165) is 56.8 Å². The van der Waals surface area contributed by atoms with Crippen LogP contribution in [0.25, 0.3) is 0 Å². The van der Waals surface area contributed by atoms with Crippen molar-refractivity contribution in [3.8, 4) is 0 Å². The molecule has 2 fully saturated rings. The largest absolute Gasteiger partial charge is 0.371 e. The molecule has 182 valence electrons. The summed E-state index contributed by atoms with van der Waals surface area (Å²) < 4.78 is 0. The Labute approximate surface area is 204 Å². The van der Waals surface area contributed by atoms with Crippen molar-refractivity contribution in [2.24, 2.45) is 5.92 Å². The predicted molar refractivity (Wildman–Crippen MR) is 140 cm³/mol. The van der Waals surface area contributed by atoms with Gasteiger partial charge in [-0.25, -0.2) is 0 Å². The third kappa shape index (κ3) is 6.62. The van der Waals surface area contributed by atoms with E-state index in [0.29, 0.717) is 22.9 Å². The van der Waals surface area contributed by atoms with Gasteiger partial charge in [-0.3, -0.25) is 9.59 Å². The van der Waals surface area contributed by atoms with E-state index in [2.05, 4.69) is 41.5 Å².